The van der Waals surface area contributed by atoms with Gasteiger partial charge in [0.2, 0.25) is 0 Å². The molecular weight excluding hydrogens is 478 g/mol. The summed E-state index contributed by atoms with van der Waals surface area (Å²) in [6, 6.07) is 15.8. The topological polar surface area (TPSA) is 76.0 Å². The molecule has 0 unspecified atom stereocenters. The van der Waals surface area contributed by atoms with E-state index >= 15 is 0 Å². The number of rotatable bonds is 4. The normalized spacial score (nSPS) is 14.9. The van der Waals surface area contributed by atoms with Gasteiger partial charge in [-0.05, 0) is 44.0 Å². The van der Waals surface area contributed by atoms with Gasteiger partial charge in [-0.25, -0.2) is 4.98 Å². The van der Waals surface area contributed by atoms with Crippen LogP contribution in [0.2, 0.25) is 0 Å². The second kappa shape index (κ2) is 8.95. The van der Waals surface area contributed by atoms with Crippen molar-refractivity contribution >= 4 is 44.0 Å². The third kappa shape index (κ3) is 3.89. The number of halogens is 1. The molecule has 1 aliphatic rings. The van der Waals surface area contributed by atoms with E-state index in [-0.39, 0.29) is 18.0 Å². The van der Waals surface area contributed by atoms with Gasteiger partial charge in [-0.1, -0.05) is 53.4 Å². The highest BCUT2D eigenvalue weighted by Gasteiger charge is 2.23. The number of para-hydroxylation sites is 1. The molecule has 0 amide bonds. The third-order valence-electron chi connectivity index (χ3n) is 6.61. The highest BCUT2D eigenvalue weighted by molar-refractivity contribution is 9.10. The van der Waals surface area contributed by atoms with Crippen LogP contribution in [0.3, 0.4) is 0 Å². The van der Waals surface area contributed by atoms with Gasteiger partial charge in [0.05, 0.1) is 23.2 Å². The van der Waals surface area contributed by atoms with Crippen LogP contribution >= 0.6 is 15.9 Å². The minimum atomic E-state index is -0.156. The molecule has 166 valence electrons. The van der Waals surface area contributed by atoms with Crippen LogP contribution in [0.15, 0.2) is 56.8 Å². The molecule has 2 heterocycles. The zero-order chi connectivity index (χ0) is 22.9. The molecule has 0 aliphatic heterocycles. The Morgan fingerprint density at radius 1 is 1.18 bits per heavy atom. The van der Waals surface area contributed by atoms with Gasteiger partial charge in [0.1, 0.15) is 12.4 Å². The molecule has 0 spiro atoms. The van der Waals surface area contributed by atoms with Crippen LogP contribution in [0.1, 0.15) is 55.1 Å². The van der Waals surface area contributed by atoms with E-state index in [4.69, 9.17) is 10.1 Å². The highest BCUT2D eigenvalue weighted by Crippen LogP contribution is 2.32. The van der Waals surface area contributed by atoms with E-state index in [0.717, 1.165) is 58.1 Å². The molecule has 5 rings (SSSR count). The number of hydrogen-bond acceptors (Lipinski definition) is 4. The number of fused-ring (bicyclic) bond motifs is 2. The first kappa shape index (κ1) is 21.6. The number of benzene rings is 2. The fourth-order valence-electron chi connectivity index (χ4n) is 4.91. The summed E-state index contributed by atoms with van der Waals surface area (Å²) in [6.07, 6.45) is 7.30. The van der Waals surface area contributed by atoms with E-state index in [1.54, 1.807) is 6.21 Å². The average molecular weight is 502 g/mol. The van der Waals surface area contributed by atoms with Gasteiger partial charge < -0.3 is 4.57 Å². The average Bonchev–Trinajstić information content (AvgIpc) is 3.10. The maximum atomic E-state index is 13.6. The summed E-state index contributed by atoms with van der Waals surface area (Å²) in [7, 11) is 0. The summed E-state index contributed by atoms with van der Waals surface area (Å²) in [4.78, 5) is 18.5. The summed E-state index contributed by atoms with van der Waals surface area (Å²) < 4.78 is 4.32. The molecule has 0 bridgehead atoms. The lowest BCUT2D eigenvalue weighted by Crippen LogP contribution is -2.25. The maximum absolute atomic E-state index is 13.6. The van der Waals surface area contributed by atoms with Crippen molar-refractivity contribution in [1.29, 1.82) is 5.26 Å². The summed E-state index contributed by atoms with van der Waals surface area (Å²) in [5.41, 5.74) is 3.40. The van der Waals surface area contributed by atoms with E-state index in [1.807, 2.05) is 54.0 Å². The molecule has 1 fully saturated rings. The lowest BCUT2D eigenvalue weighted by atomic mass is 9.88. The van der Waals surface area contributed by atoms with Gasteiger partial charge in [-0.2, -0.15) is 15.0 Å². The van der Waals surface area contributed by atoms with Crippen LogP contribution in [0.25, 0.3) is 21.8 Å². The van der Waals surface area contributed by atoms with E-state index in [2.05, 4.69) is 22.0 Å². The molecule has 0 saturated heterocycles. The third-order valence-corrected chi connectivity index (χ3v) is 7.11. The van der Waals surface area contributed by atoms with Gasteiger partial charge in [0, 0.05) is 32.6 Å². The van der Waals surface area contributed by atoms with Crippen molar-refractivity contribution in [3.63, 3.8) is 0 Å². The van der Waals surface area contributed by atoms with E-state index in [9.17, 15) is 10.1 Å². The first-order valence-electron chi connectivity index (χ1n) is 11.3. The molecule has 1 saturated carbocycles. The number of hydrogen-bond donors (Lipinski definition) is 0. The van der Waals surface area contributed by atoms with Gasteiger partial charge in [0.25, 0.3) is 5.56 Å². The number of nitriles is 1. The zero-order valence-electron chi connectivity index (χ0n) is 18.5. The van der Waals surface area contributed by atoms with Gasteiger partial charge in [-0.3, -0.25) is 4.79 Å². The monoisotopic (exact) mass is 501 g/mol. The first-order valence-corrected chi connectivity index (χ1v) is 12.1. The highest BCUT2D eigenvalue weighted by atomic mass is 79.9. The standard InChI is InChI=1S/C26H24BrN5O/c1-17-22(20-9-5-6-10-24(20)31(17)14-13-28)16-29-32-25(18-7-3-2-4-8-18)30-23-12-11-19(27)15-21(23)26(32)33/h5-6,9-12,15-16,18H,2-4,7-8,14H2,1H3. The Balaban J connectivity index is 1.70. The SMILES string of the molecule is Cc1c(C=Nn2c(C3CCCCC3)nc3ccc(Br)cc3c2=O)c2ccccc2n1CC#N. The van der Waals surface area contributed by atoms with Crippen molar-refractivity contribution in [3.8, 4) is 6.07 Å². The van der Waals surface area contributed by atoms with Gasteiger partial charge >= 0.3 is 0 Å². The van der Waals surface area contributed by atoms with Crippen LogP contribution in [-0.2, 0) is 6.54 Å². The van der Waals surface area contributed by atoms with Crippen LogP contribution < -0.4 is 5.56 Å². The minimum Gasteiger partial charge on any atom is -0.330 e. The van der Waals surface area contributed by atoms with Crippen molar-refractivity contribution in [3.05, 3.63) is 74.4 Å². The molecule has 1 aliphatic carbocycles. The molecule has 6 nitrogen and oxygen atoms in total. The molecule has 0 N–H and O–H groups in total. The van der Waals surface area contributed by atoms with E-state index < -0.39 is 0 Å². The molecule has 4 aromatic rings. The molecule has 0 radical (unpaired) electrons. The summed E-state index contributed by atoms with van der Waals surface area (Å²) in [5.74, 6) is 0.960. The smallest absolute Gasteiger partial charge is 0.282 e. The molecule has 2 aromatic carbocycles. The van der Waals surface area contributed by atoms with Crippen molar-refractivity contribution in [2.75, 3.05) is 0 Å². The second-order valence-electron chi connectivity index (χ2n) is 8.59. The van der Waals surface area contributed by atoms with Crippen molar-refractivity contribution in [1.82, 2.24) is 14.2 Å². The number of aromatic nitrogens is 3. The molecule has 7 heteroatoms. The molecule has 2 aromatic heterocycles. The summed E-state index contributed by atoms with van der Waals surface area (Å²) >= 11 is 3.47. The maximum Gasteiger partial charge on any atom is 0.282 e. The van der Waals surface area contributed by atoms with E-state index in [1.165, 1.54) is 11.1 Å². The zero-order valence-corrected chi connectivity index (χ0v) is 20.0. The Bertz CT molecular complexity index is 1480. The minimum absolute atomic E-state index is 0.156. The van der Waals surface area contributed by atoms with Gasteiger partial charge in [-0.15, -0.1) is 0 Å². The van der Waals surface area contributed by atoms with Crippen LogP contribution in [0.4, 0.5) is 0 Å². The van der Waals surface area contributed by atoms with Crippen molar-refractivity contribution in [2.24, 2.45) is 5.10 Å². The lowest BCUT2D eigenvalue weighted by Gasteiger charge is -2.22. The predicted octanol–water partition coefficient (Wildman–Crippen LogP) is 5.88. The number of nitrogens with zero attached hydrogens (tertiary/aromatic N) is 5. The van der Waals surface area contributed by atoms with Crippen LogP contribution in [0.5, 0.6) is 0 Å². The van der Waals surface area contributed by atoms with Gasteiger partial charge in [0.15, 0.2) is 0 Å². The quantitative estimate of drug-likeness (QED) is 0.327. The molecular formula is C26H24BrN5O. The largest absolute Gasteiger partial charge is 0.330 e. The van der Waals surface area contributed by atoms with Crippen molar-refractivity contribution in [2.45, 2.75) is 51.5 Å². The van der Waals surface area contributed by atoms with Crippen LogP contribution in [-0.4, -0.2) is 20.4 Å². The predicted molar refractivity (Wildman–Crippen MR) is 135 cm³/mol. The van der Waals surface area contributed by atoms with Crippen LogP contribution in [0, 0.1) is 18.3 Å². The Morgan fingerprint density at radius 3 is 2.76 bits per heavy atom. The lowest BCUT2D eigenvalue weighted by molar-refractivity contribution is 0.416. The fourth-order valence-corrected chi connectivity index (χ4v) is 5.27. The molecule has 33 heavy (non-hydrogen) atoms. The Morgan fingerprint density at radius 2 is 1.97 bits per heavy atom. The molecule has 0 atom stereocenters. The fraction of sp³-hybridized carbons (Fsp3) is 0.308. The van der Waals surface area contributed by atoms with E-state index in [0.29, 0.717) is 10.9 Å². The summed E-state index contributed by atoms with van der Waals surface area (Å²) in [6.45, 7) is 2.25. The summed E-state index contributed by atoms with van der Waals surface area (Å²) in [5, 5.41) is 15.6. The Kier molecular flexibility index (Phi) is 5.86. The second-order valence-corrected chi connectivity index (χ2v) is 9.50. The first-order chi connectivity index (χ1) is 16.1. The Labute approximate surface area is 200 Å². The van der Waals surface area contributed by atoms with Crippen molar-refractivity contribution < 1.29 is 0 Å². The Hall–Kier alpha value is -3.24.